The molecule has 2 amide bonds. The molecule has 0 spiro atoms. The molecule has 0 aromatic carbocycles. The average Bonchev–Trinajstić information content (AvgIpc) is 2.54. The van der Waals surface area contributed by atoms with Crippen LogP contribution in [0.2, 0.25) is 0 Å². The highest BCUT2D eigenvalue weighted by Crippen LogP contribution is 2.23. The largest absolute Gasteiger partial charge is 0.481 e. The minimum absolute atomic E-state index is 0.0485. The van der Waals surface area contributed by atoms with Gasteiger partial charge in [0.15, 0.2) is 0 Å². The zero-order valence-corrected chi connectivity index (χ0v) is 13.3. The SMILES string of the molecule is CCCC(=O)N1CCCCC1C(=O)N1CCCC(C(=O)O)C1. The van der Waals surface area contributed by atoms with Crippen molar-refractivity contribution in [3.63, 3.8) is 0 Å². The van der Waals surface area contributed by atoms with E-state index >= 15 is 0 Å². The van der Waals surface area contributed by atoms with Crippen LogP contribution in [0, 0.1) is 5.92 Å². The van der Waals surface area contributed by atoms with Gasteiger partial charge in [0.25, 0.3) is 0 Å². The topological polar surface area (TPSA) is 77.9 Å². The smallest absolute Gasteiger partial charge is 0.308 e. The maximum atomic E-state index is 12.8. The van der Waals surface area contributed by atoms with Crippen molar-refractivity contribution in [1.82, 2.24) is 9.80 Å². The number of piperidine rings is 2. The van der Waals surface area contributed by atoms with Crippen molar-refractivity contribution in [3.8, 4) is 0 Å². The standard InChI is InChI=1S/C16H26N2O4/c1-2-6-14(19)18-10-4-3-8-13(18)15(20)17-9-5-7-12(11-17)16(21)22/h12-13H,2-11H2,1H3,(H,21,22). The summed E-state index contributed by atoms with van der Waals surface area (Å²) in [7, 11) is 0. The van der Waals surface area contributed by atoms with Crippen molar-refractivity contribution in [1.29, 1.82) is 0 Å². The Kier molecular flexibility index (Phi) is 5.80. The van der Waals surface area contributed by atoms with Crippen molar-refractivity contribution in [3.05, 3.63) is 0 Å². The molecule has 124 valence electrons. The third-order valence-electron chi connectivity index (χ3n) is 4.65. The third kappa shape index (κ3) is 3.78. The predicted molar refractivity (Wildman–Crippen MR) is 81.2 cm³/mol. The van der Waals surface area contributed by atoms with Gasteiger partial charge in [-0.05, 0) is 38.5 Å². The first-order valence-electron chi connectivity index (χ1n) is 8.35. The summed E-state index contributed by atoms with van der Waals surface area (Å²) in [5.74, 6) is -1.32. The van der Waals surface area contributed by atoms with E-state index in [2.05, 4.69) is 0 Å². The van der Waals surface area contributed by atoms with Crippen LogP contribution < -0.4 is 0 Å². The Hall–Kier alpha value is -1.59. The molecule has 2 saturated heterocycles. The molecular weight excluding hydrogens is 284 g/mol. The van der Waals surface area contributed by atoms with Crippen molar-refractivity contribution in [2.24, 2.45) is 5.92 Å². The lowest BCUT2D eigenvalue weighted by atomic mass is 9.95. The summed E-state index contributed by atoms with van der Waals surface area (Å²) in [5, 5.41) is 9.16. The fourth-order valence-corrected chi connectivity index (χ4v) is 3.43. The van der Waals surface area contributed by atoms with Gasteiger partial charge in [0, 0.05) is 26.1 Å². The van der Waals surface area contributed by atoms with Gasteiger partial charge in [-0.2, -0.15) is 0 Å². The number of amides is 2. The molecule has 0 aromatic heterocycles. The molecular formula is C16H26N2O4. The second-order valence-corrected chi connectivity index (χ2v) is 6.31. The van der Waals surface area contributed by atoms with Gasteiger partial charge in [-0.25, -0.2) is 0 Å². The molecule has 6 nitrogen and oxygen atoms in total. The monoisotopic (exact) mass is 310 g/mol. The van der Waals surface area contributed by atoms with Crippen molar-refractivity contribution in [2.45, 2.75) is 57.9 Å². The molecule has 2 aliphatic rings. The Balaban J connectivity index is 2.05. The highest BCUT2D eigenvalue weighted by Gasteiger charge is 2.37. The van der Waals surface area contributed by atoms with Gasteiger partial charge in [0.05, 0.1) is 5.92 Å². The molecule has 0 saturated carbocycles. The molecule has 22 heavy (non-hydrogen) atoms. The van der Waals surface area contributed by atoms with Gasteiger partial charge in [-0.1, -0.05) is 6.92 Å². The van der Waals surface area contributed by atoms with Crippen LogP contribution in [0.5, 0.6) is 0 Å². The molecule has 2 aliphatic heterocycles. The Morgan fingerprint density at radius 3 is 2.55 bits per heavy atom. The zero-order chi connectivity index (χ0) is 16.1. The lowest BCUT2D eigenvalue weighted by Crippen LogP contribution is -2.55. The summed E-state index contributed by atoms with van der Waals surface area (Å²) >= 11 is 0. The lowest BCUT2D eigenvalue weighted by molar-refractivity contribution is -0.152. The van der Waals surface area contributed by atoms with Gasteiger partial charge in [0.1, 0.15) is 6.04 Å². The summed E-state index contributed by atoms with van der Waals surface area (Å²) < 4.78 is 0. The van der Waals surface area contributed by atoms with Gasteiger partial charge in [-0.3, -0.25) is 14.4 Å². The van der Waals surface area contributed by atoms with E-state index in [0.717, 1.165) is 25.7 Å². The van der Waals surface area contributed by atoms with Gasteiger partial charge in [-0.15, -0.1) is 0 Å². The summed E-state index contributed by atoms with van der Waals surface area (Å²) in [6, 6.07) is -0.389. The van der Waals surface area contributed by atoms with Crippen LogP contribution in [-0.4, -0.2) is 58.4 Å². The maximum Gasteiger partial charge on any atom is 0.308 e. The Bertz CT molecular complexity index is 438. The fourth-order valence-electron chi connectivity index (χ4n) is 3.43. The fraction of sp³-hybridized carbons (Fsp3) is 0.812. The van der Waals surface area contributed by atoms with Crippen LogP contribution in [0.4, 0.5) is 0 Å². The van der Waals surface area contributed by atoms with E-state index in [1.807, 2.05) is 6.92 Å². The minimum atomic E-state index is -0.833. The van der Waals surface area contributed by atoms with E-state index < -0.39 is 11.9 Å². The minimum Gasteiger partial charge on any atom is -0.481 e. The highest BCUT2D eigenvalue weighted by molar-refractivity contribution is 5.88. The van der Waals surface area contributed by atoms with Crippen molar-refractivity contribution >= 4 is 17.8 Å². The normalized spacial score (nSPS) is 25.9. The van der Waals surface area contributed by atoms with E-state index in [9.17, 15) is 14.4 Å². The third-order valence-corrected chi connectivity index (χ3v) is 4.65. The summed E-state index contributed by atoms with van der Waals surface area (Å²) in [5.41, 5.74) is 0. The predicted octanol–water partition coefficient (Wildman–Crippen LogP) is 1.49. The van der Waals surface area contributed by atoms with E-state index in [1.54, 1.807) is 9.80 Å². The zero-order valence-electron chi connectivity index (χ0n) is 13.3. The molecule has 0 aliphatic carbocycles. The van der Waals surface area contributed by atoms with Gasteiger partial charge < -0.3 is 14.9 Å². The number of carbonyl (C=O) groups excluding carboxylic acids is 2. The number of aliphatic carboxylic acids is 1. The summed E-state index contributed by atoms with van der Waals surface area (Å²) in [4.78, 5) is 39.5. The van der Waals surface area contributed by atoms with Crippen LogP contribution in [0.1, 0.15) is 51.9 Å². The van der Waals surface area contributed by atoms with Crippen LogP contribution in [0.3, 0.4) is 0 Å². The van der Waals surface area contributed by atoms with Crippen LogP contribution in [-0.2, 0) is 14.4 Å². The summed E-state index contributed by atoms with van der Waals surface area (Å²) in [6.07, 6.45) is 5.19. The number of hydrogen-bond donors (Lipinski definition) is 1. The summed E-state index contributed by atoms with van der Waals surface area (Å²) in [6.45, 7) is 3.49. The highest BCUT2D eigenvalue weighted by atomic mass is 16.4. The first-order chi connectivity index (χ1) is 10.5. The number of rotatable bonds is 4. The number of carboxylic acid groups (broad SMARTS) is 1. The molecule has 0 radical (unpaired) electrons. The second-order valence-electron chi connectivity index (χ2n) is 6.31. The van der Waals surface area contributed by atoms with Crippen LogP contribution in [0.25, 0.3) is 0 Å². The molecule has 2 rings (SSSR count). The Morgan fingerprint density at radius 2 is 1.86 bits per heavy atom. The van der Waals surface area contributed by atoms with E-state index in [-0.39, 0.29) is 24.4 Å². The number of carbonyl (C=O) groups is 3. The van der Waals surface area contributed by atoms with Crippen molar-refractivity contribution in [2.75, 3.05) is 19.6 Å². The molecule has 2 heterocycles. The van der Waals surface area contributed by atoms with Crippen LogP contribution in [0.15, 0.2) is 0 Å². The van der Waals surface area contributed by atoms with E-state index in [0.29, 0.717) is 32.4 Å². The average molecular weight is 310 g/mol. The molecule has 2 atom stereocenters. The Labute approximate surface area is 131 Å². The first kappa shape index (κ1) is 16.8. The molecule has 6 heteroatoms. The molecule has 1 N–H and O–H groups in total. The number of nitrogens with zero attached hydrogens (tertiary/aromatic N) is 2. The van der Waals surface area contributed by atoms with Crippen LogP contribution >= 0.6 is 0 Å². The van der Waals surface area contributed by atoms with Gasteiger partial charge in [0.2, 0.25) is 11.8 Å². The quantitative estimate of drug-likeness (QED) is 0.853. The molecule has 2 unspecified atom stereocenters. The molecule has 2 fully saturated rings. The maximum absolute atomic E-state index is 12.8. The second kappa shape index (κ2) is 7.61. The van der Waals surface area contributed by atoms with E-state index in [1.165, 1.54) is 0 Å². The number of hydrogen-bond acceptors (Lipinski definition) is 3. The van der Waals surface area contributed by atoms with E-state index in [4.69, 9.17) is 5.11 Å². The van der Waals surface area contributed by atoms with Crippen molar-refractivity contribution < 1.29 is 19.5 Å². The molecule has 0 bridgehead atoms. The number of likely N-dealkylation sites (tertiary alicyclic amines) is 2. The Morgan fingerprint density at radius 1 is 1.09 bits per heavy atom. The molecule has 0 aromatic rings. The van der Waals surface area contributed by atoms with Gasteiger partial charge >= 0.3 is 5.97 Å². The first-order valence-corrected chi connectivity index (χ1v) is 8.35. The number of carboxylic acids is 1. The lowest BCUT2D eigenvalue weighted by Gasteiger charge is -2.39.